The topological polar surface area (TPSA) is 95.4 Å². The average molecular weight is 740 g/mol. The van der Waals surface area contributed by atoms with Crippen molar-refractivity contribution in [3.8, 4) is 5.75 Å². The molecule has 2 aliphatic heterocycles. The summed E-state index contributed by atoms with van der Waals surface area (Å²) in [6.45, 7) is 7.96. The molecule has 2 atom stereocenters. The zero-order valence-electron chi connectivity index (χ0n) is 28.4. The van der Waals surface area contributed by atoms with Gasteiger partial charge in [-0.25, -0.2) is 0 Å². The number of nitrogens with zero attached hydrogens (tertiary/aromatic N) is 2. The summed E-state index contributed by atoms with van der Waals surface area (Å²) in [5, 5.41) is 2.05. The van der Waals surface area contributed by atoms with Gasteiger partial charge in [-0.1, -0.05) is 59.1 Å². The van der Waals surface area contributed by atoms with Gasteiger partial charge < -0.3 is 30.4 Å². The lowest BCUT2D eigenvalue weighted by Crippen LogP contribution is -2.36. The molecule has 0 amide bonds. The van der Waals surface area contributed by atoms with E-state index in [0.29, 0.717) is 54.7 Å². The molecule has 6 rings (SSSR count). The normalized spacial score (nSPS) is 17.8. The van der Waals surface area contributed by atoms with Crippen LogP contribution in [0, 0.1) is 0 Å². The minimum Gasteiger partial charge on any atom is -0.497 e. The second-order valence-electron chi connectivity index (χ2n) is 12.9. The fraction of sp³-hybridized carbons (Fsp3) is 0.385. The quantitative estimate of drug-likeness (QED) is 0.0959. The largest absolute Gasteiger partial charge is 0.497 e. The van der Waals surface area contributed by atoms with E-state index in [4.69, 9.17) is 65.2 Å². The Kier molecular flexibility index (Phi) is 12.8. The first-order valence-corrected chi connectivity index (χ1v) is 18.2. The molecule has 0 radical (unpaired) electrons. The molecule has 0 aromatic heterocycles. The Labute approximate surface area is 310 Å². The van der Waals surface area contributed by atoms with Crippen LogP contribution in [0.1, 0.15) is 45.2 Å². The van der Waals surface area contributed by atoms with Gasteiger partial charge in [-0.15, -0.1) is 0 Å². The smallest absolute Gasteiger partial charge is 0.120 e. The van der Waals surface area contributed by atoms with Crippen LogP contribution in [0.4, 0.5) is 11.4 Å². The molecule has 2 unspecified atom stereocenters. The van der Waals surface area contributed by atoms with Gasteiger partial charge in [-0.2, -0.15) is 0 Å². The van der Waals surface area contributed by atoms with Crippen LogP contribution in [0.5, 0.6) is 5.75 Å². The number of halogens is 3. The third-order valence-corrected chi connectivity index (χ3v) is 10.4. The van der Waals surface area contributed by atoms with Crippen molar-refractivity contribution in [2.45, 2.75) is 24.9 Å². The summed E-state index contributed by atoms with van der Waals surface area (Å²) in [7, 11) is 1.67. The van der Waals surface area contributed by atoms with Gasteiger partial charge in [0.05, 0.1) is 46.8 Å². The highest BCUT2D eigenvalue weighted by Gasteiger charge is 2.30. The molecule has 4 N–H and O–H groups in total. The van der Waals surface area contributed by atoms with E-state index in [-0.39, 0.29) is 11.8 Å². The van der Waals surface area contributed by atoms with Crippen molar-refractivity contribution >= 4 is 46.2 Å². The molecule has 0 aliphatic carbocycles. The van der Waals surface area contributed by atoms with Crippen LogP contribution in [-0.2, 0) is 27.3 Å². The van der Waals surface area contributed by atoms with E-state index in [1.165, 1.54) is 5.56 Å². The maximum atomic E-state index is 6.74. The van der Waals surface area contributed by atoms with Crippen LogP contribution in [0.25, 0.3) is 0 Å². The number of hydrogen-bond donors (Lipinski definition) is 2. The Morgan fingerprint density at radius 2 is 1.10 bits per heavy atom. The summed E-state index contributed by atoms with van der Waals surface area (Å²) in [6, 6.07) is 23.9. The van der Waals surface area contributed by atoms with Crippen molar-refractivity contribution in [1.82, 2.24) is 9.80 Å². The van der Waals surface area contributed by atoms with Crippen molar-refractivity contribution in [3.05, 3.63) is 121 Å². The van der Waals surface area contributed by atoms with E-state index in [9.17, 15) is 0 Å². The number of benzene rings is 4. The van der Waals surface area contributed by atoms with Gasteiger partial charge in [0.2, 0.25) is 0 Å². The predicted molar refractivity (Wildman–Crippen MR) is 203 cm³/mol. The van der Waals surface area contributed by atoms with E-state index < -0.39 is 0 Å². The molecule has 4 aromatic rings. The first-order chi connectivity index (χ1) is 24.3. The maximum Gasteiger partial charge on any atom is 0.120 e. The second kappa shape index (κ2) is 17.4. The van der Waals surface area contributed by atoms with E-state index in [1.807, 2.05) is 54.6 Å². The third-order valence-electron chi connectivity index (χ3n) is 9.50. The van der Waals surface area contributed by atoms with Crippen LogP contribution < -0.4 is 16.2 Å². The number of anilines is 2. The standard InChI is InChI=1S/C39H45Cl3N4O4/c1-47-31-20-33-35(27-5-3-7-30(44)17-27)23-46(25-37(33)39(42)21-31)9-11-49-13-15-50-14-12-48-10-8-45-22-34(26-4-2-6-29(43)16-26)32-18-28(40)19-38(41)36(32)24-45/h2-7,16-21,34-35H,8-15,22-25,43-44H2,1H3. The Hall–Kier alpha value is -3.05. The van der Waals surface area contributed by atoms with E-state index in [2.05, 4.69) is 28.0 Å². The molecular weight excluding hydrogens is 695 g/mol. The van der Waals surface area contributed by atoms with Crippen molar-refractivity contribution in [2.75, 3.05) is 84.4 Å². The highest BCUT2D eigenvalue weighted by molar-refractivity contribution is 6.35. The zero-order chi connectivity index (χ0) is 35.0. The van der Waals surface area contributed by atoms with Gasteiger partial charge in [0.15, 0.2) is 0 Å². The Balaban J connectivity index is 0.899. The number of hydrogen-bond acceptors (Lipinski definition) is 8. The molecule has 4 aromatic carbocycles. The van der Waals surface area contributed by atoms with Gasteiger partial charge in [-0.3, -0.25) is 9.80 Å². The molecule has 50 heavy (non-hydrogen) atoms. The van der Waals surface area contributed by atoms with Gasteiger partial charge in [0, 0.05) is 77.5 Å². The van der Waals surface area contributed by atoms with Gasteiger partial charge in [0.25, 0.3) is 0 Å². The lowest BCUT2D eigenvalue weighted by atomic mass is 9.84. The molecular formula is C39H45Cl3N4O4. The fourth-order valence-electron chi connectivity index (χ4n) is 7.01. The summed E-state index contributed by atoms with van der Waals surface area (Å²) >= 11 is 19.8. The number of nitrogen functional groups attached to an aromatic ring is 2. The van der Waals surface area contributed by atoms with E-state index in [0.717, 1.165) is 84.2 Å². The molecule has 11 heteroatoms. The van der Waals surface area contributed by atoms with E-state index in [1.54, 1.807) is 7.11 Å². The van der Waals surface area contributed by atoms with Gasteiger partial charge in [-0.05, 0) is 81.9 Å². The summed E-state index contributed by atoms with van der Waals surface area (Å²) in [4.78, 5) is 4.75. The zero-order valence-corrected chi connectivity index (χ0v) is 30.7. The number of ether oxygens (including phenoxy) is 4. The molecule has 8 nitrogen and oxygen atoms in total. The molecule has 0 bridgehead atoms. The summed E-state index contributed by atoms with van der Waals surface area (Å²) in [5.74, 6) is 1.02. The predicted octanol–water partition coefficient (Wildman–Crippen LogP) is 7.46. The number of methoxy groups -OCH3 is 1. The highest BCUT2D eigenvalue weighted by Crippen LogP contribution is 2.41. The lowest BCUT2D eigenvalue weighted by Gasteiger charge is -2.36. The average Bonchev–Trinajstić information content (AvgIpc) is 3.10. The molecule has 2 aliphatic rings. The molecule has 0 spiro atoms. The van der Waals surface area contributed by atoms with Crippen molar-refractivity contribution in [1.29, 1.82) is 0 Å². The minimum atomic E-state index is 0.124. The lowest BCUT2D eigenvalue weighted by molar-refractivity contribution is 0.00568. The van der Waals surface area contributed by atoms with Crippen LogP contribution in [0.3, 0.4) is 0 Å². The summed E-state index contributed by atoms with van der Waals surface area (Å²) in [5.41, 5.74) is 20.6. The number of nitrogens with two attached hydrogens (primary N) is 2. The number of fused-ring (bicyclic) bond motifs is 2. The Bertz CT molecular complexity index is 1760. The summed E-state index contributed by atoms with van der Waals surface area (Å²) < 4.78 is 23.2. The van der Waals surface area contributed by atoms with Crippen molar-refractivity contribution < 1.29 is 18.9 Å². The van der Waals surface area contributed by atoms with E-state index >= 15 is 0 Å². The molecule has 0 saturated heterocycles. The first-order valence-electron chi connectivity index (χ1n) is 17.0. The maximum absolute atomic E-state index is 6.74. The second-order valence-corrected chi connectivity index (χ2v) is 14.1. The van der Waals surface area contributed by atoms with Crippen LogP contribution >= 0.6 is 34.8 Å². The van der Waals surface area contributed by atoms with Crippen molar-refractivity contribution in [2.24, 2.45) is 0 Å². The summed E-state index contributed by atoms with van der Waals surface area (Å²) in [6.07, 6.45) is 0. The van der Waals surface area contributed by atoms with Gasteiger partial charge in [0.1, 0.15) is 5.75 Å². The molecule has 2 heterocycles. The van der Waals surface area contributed by atoms with Crippen LogP contribution in [0.2, 0.25) is 15.1 Å². The fourth-order valence-corrected chi connectivity index (χ4v) is 7.85. The number of rotatable bonds is 15. The minimum absolute atomic E-state index is 0.124. The van der Waals surface area contributed by atoms with Crippen LogP contribution in [-0.4, -0.2) is 82.7 Å². The Morgan fingerprint density at radius 3 is 1.60 bits per heavy atom. The monoisotopic (exact) mass is 738 g/mol. The molecule has 266 valence electrons. The van der Waals surface area contributed by atoms with Crippen LogP contribution in [0.15, 0.2) is 72.8 Å². The first kappa shape index (κ1) is 36.7. The highest BCUT2D eigenvalue weighted by atomic mass is 35.5. The van der Waals surface area contributed by atoms with Crippen molar-refractivity contribution in [3.63, 3.8) is 0 Å². The SMILES string of the molecule is COc1cc(Cl)c2c(c1)C(c1cccc(N)c1)CN(CCOCCOCCOCCN1Cc3c(Cl)cc(Cl)cc3C(c3cccc(N)c3)C1)C2. The molecule has 0 saturated carbocycles. The molecule has 0 fully saturated rings. The third kappa shape index (κ3) is 9.24. The van der Waals surface area contributed by atoms with Gasteiger partial charge >= 0.3 is 0 Å². The Morgan fingerprint density at radius 1 is 0.620 bits per heavy atom.